The van der Waals surface area contributed by atoms with Crippen molar-refractivity contribution in [1.82, 2.24) is 9.97 Å². The number of nitrogens with one attached hydrogen (secondary N) is 1. The van der Waals surface area contributed by atoms with Crippen LogP contribution in [-0.2, 0) is 0 Å². The van der Waals surface area contributed by atoms with Crippen molar-refractivity contribution in [2.75, 3.05) is 5.32 Å². The van der Waals surface area contributed by atoms with Crippen molar-refractivity contribution in [1.29, 1.82) is 0 Å². The third-order valence-corrected chi connectivity index (χ3v) is 4.28. The summed E-state index contributed by atoms with van der Waals surface area (Å²) in [5, 5.41) is 5.68. The van der Waals surface area contributed by atoms with Crippen molar-refractivity contribution in [3.8, 4) is 0 Å². The molecule has 0 aliphatic heterocycles. The minimum absolute atomic E-state index is 0.227. The van der Waals surface area contributed by atoms with Crippen molar-refractivity contribution in [2.24, 2.45) is 0 Å². The van der Waals surface area contributed by atoms with E-state index >= 15 is 0 Å². The van der Waals surface area contributed by atoms with Gasteiger partial charge in [-0.05, 0) is 31.2 Å². The van der Waals surface area contributed by atoms with Gasteiger partial charge in [-0.3, -0.25) is 0 Å². The van der Waals surface area contributed by atoms with Crippen molar-refractivity contribution >= 4 is 27.4 Å². The average molecular weight is 233 g/mol. The second-order valence-electron chi connectivity index (χ2n) is 4.75. The van der Waals surface area contributed by atoms with Gasteiger partial charge in [-0.1, -0.05) is 12.8 Å². The number of nitrogens with zero attached hydrogens (tertiary/aromatic N) is 2. The number of aromatic nitrogens is 2. The predicted octanol–water partition coefficient (Wildman–Crippen LogP) is 3.44. The maximum absolute atomic E-state index is 4.38. The summed E-state index contributed by atoms with van der Waals surface area (Å²) in [7, 11) is 0. The topological polar surface area (TPSA) is 37.8 Å². The van der Waals surface area contributed by atoms with E-state index in [0.29, 0.717) is 0 Å². The van der Waals surface area contributed by atoms with Crippen LogP contribution >= 0.6 is 11.3 Å². The van der Waals surface area contributed by atoms with Gasteiger partial charge in [0.15, 0.2) is 0 Å². The summed E-state index contributed by atoms with van der Waals surface area (Å²) >= 11 is 1.71. The van der Waals surface area contributed by atoms with E-state index in [2.05, 4.69) is 27.6 Å². The minimum Gasteiger partial charge on any atom is -0.364 e. The summed E-state index contributed by atoms with van der Waals surface area (Å²) in [5.41, 5.74) is 1.27. The summed E-state index contributed by atoms with van der Waals surface area (Å²) in [6.45, 7) is 2.29. The van der Waals surface area contributed by atoms with Crippen LogP contribution in [0.5, 0.6) is 0 Å². The maximum atomic E-state index is 4.38. The van der Waals surface area contributed by atoms with E-state index in [4.69, 9.17) is 0 Å². The summed E-state index contributed by atoms with van der Waals surface area (Å²) in [4.78, 5) is 8.63. The van der Waals surface area contributed by atoms with E-state index in [1.807, 2.05) is 6.07 Å². The molecule has 1 aliphatic carbocycles. The molecule has 0 bridgehead atoms. The molecule has 1 N–H and O–H groups in total. The highest BCUT2D eigenvalue weighted by molar-refractivity contribution is 7.17. The fourth-order valence-electron chi connectivity index (χ4n) is 2.44. The summed E-state index contributed by atoms with van der Waals surface area (Å²) in [6, 6.07) is 2.05. The molecule has 2 heterocycles. The number of thiophene rings is 1. The molecule has 0 spiro atoms. The Balaban J connectivity index is 1.96. The molecule has 2 aromatic rings. The van der Waals surface area contributed by atoms with Gasteiger partial charge < -0.3 is 5.32 Å². The largest absolute Gasteiger partial charge is 0.364 e. The highest BCUT2D eigenvalue weighted by Crippen LogP contribution is 2.34. The van der Waals surface area contributed by atoms with Gasteiger partial charge in [0, 0.05) is 5.54 Å². The Bertz CT molecular complexity index is 500. The second kappa shape index (κ2) is 3.70. The number of hydrogen-bond acceptors (Lipinski definition) is 4. The van der Waals surface area contributed by atoms with E-state index in [9.17, 15) is 0 Å². The van der Waals surface area contributed by atoms with Gasteiger partial charge >= 0.3 is 0 Å². The molecule has 1 aliphatic rings. The SMILES string of the molecule is CC1(Nc2ncnc3ccsc23)CCCC1. The van der Waals surface area contributed by atoms with Crippen LogP contribution in [0.4, 0.5) is 5.82 Å². The fourth-order valence-corrected chi connectivity index (χ4v) is 3.23. The van der Waals surface area contributed by atoms with Crippen LogP contribution in [0, 0.1) is 0 Å². The number of rotatable bonds is 2. The fraction of sp³-hybridized carbons (Fsp3) is 0.500. The van der Waals surface area contributed by atoms with Crippen molar-refractivity contribution in [3.05, 3.63) is 17.8 Å². The molecule has 84 valence electrons. The van der Waals surface area contributed by atoms with Crippen molar-refractivity contribution in [3.63, 3.8) is 0 Å². The highest BCUT2D eigenvalue weighted by Gasteiger charge is 2.29. The molecular formula is C12H15N3S. The van der Waals surface area contributed by atoms with Gasteiger partial charge in [0.25, 0.3) is 0 Å². The van der Waals surface area contributed by atoms with Crippen LogP contribution < -0.4 is 5.32 Å². The zero-order valence-electron chi connectivity index (χ0n) is 9.36. The van der Waals surface area contributed by atoms with E-state index in [0.717, 1.165) is 11.3 Å². The lowest BCUT2D eigenvalue weighted by molar-refractivity contribution is 0.532. The molecule has 2 aromatic heterocycles. The normalized spacial score (nSPS) is 19.1. The molecule has 0 amide bonds. The summed E-state index contributed by atoms with van der Waals surface area (Å²) in [5.74, 6) is 1.00. The van der Waals surface area contributed by atoms with Gasteiger partial charge in [0.2, 0.25) is 0 Å². The number of hydrogen-bond donors (Lipinski definition) is 1. The van der Waals surface area contributed by atoms with Crippen LogP contribution in [0.15, 0.2) is 17.8 Å². The number of anilines is 1. The third-order valence-electron chi connectivity index (χ3n) is 3.37. The van der Waals surface area contributed by atoms with Crippen LogP contribution in [0.3, 0.4) is 0 Å². The van der Waals surface area contributed by atoms with Crippen LogP contribution in [0.1, 0.15) is 32.6 Å². The van der Waals surface area contributed by atoms with Crippen LogP contribution in [0.2, 0.25) is 0 Å². The Morgan fingerprint density at radius 3 is 2.94 bits per heavy atom. The molecule has 0 saturated heterocycles. The Hall–Kier alpha value is -1.16. The van der Waals surface area contributed by atoms with E-state index in [-0.39, 0.29) is 5.54 Å². The molecule has 1 fully saturated rings. The predicted molar refractivity (Wildman–Crippen MR) is 67.9 cm³/mol. The summed E-state index contributed by atoms with van der Waals surface area (Å²) < 4.78 is 1.18. The second-order valence-corrected chi connectivity index (χ2v) is 5.67. The lowest BCUT2D eigenvalue weighted by Crippen LogP contribution is -2.31. The van der Waals surface area contributed by atoms with Crippen LogP contribution in [0.25, 0.3) is 10.2 Å². The minimum atomic E-state index is 0.227. The van der Waals surface area contributed by atoms with Gasteiger partial charge in [0.1, 0.15) is 12.1 Å². The smallest absolute Gasteiger partial charge is 0.147 e. The molecular weight excluding hydrogens is 218 g/mol. The molecule has 3 nitrogen and oxygen atoms in total. The average Bonchev–Trinajstić information content (AvgIpc) is 2.87. The zero-order chi connectivity index (χ0) is 11.0. The maximum Gasteiger partial charge on any atom is 0.147 e. The molecule has 0 unspecified atom stereocenters. The molecule has 3 rings (SSSR count). The Morgan fingerprint density at radius 1 is 1.31 bits per heavy atom. The molecule has 0 radical (unpaired) electrons. The molecule has 4 heteroatoms. The van der Waals surface area contributed by atoms with Gasteiger partial charge in [0.05, 0.1) is 10.2 Å². The van der Waals surface area contributed by atoms with Gasteiger partial charge in [-0.15, -0.1) is 11.3 Å². The number of fused-ring (bicyclic) bond motifs is 1. The van der Waals surface area contributed by atoms with E-state index in [1.54, 1.807) is 17.7 Å². The standard InChI is InChI=1S/C12H15N3S/c1-12(5-2-3-6-12)15-11-10-9(4-7-16-10)13-8-14-11/h4,7-8H,2-3,5-6H2,1H3,(H,13,14,15). The zero-order valence-corrected chi connectivity index (χ0v) is 10.2. The first kappa shape index (κ1) is 10.0. The van der Waals surface area contributed by atoms with Crippen LogP contribution in [-0.4, -0.2) is 15.5 Å². The monoisotopic (exact) mass is 233 g/mol. The van der Waals surface area contributed by atoms with Crippen molar-refractivity contribution < 1.29 is 0 Å². The highest BCUT2D eigenvalue weighted by atomic mass is 32.1. The first-order valence-electron chi connectivity index (χ1n) is 5.73. The molecule has 0 aromatic carbocycles. The Morgan fingerprint density at radius 2 is 2.12 bits per heavy atom. The first-order valence-corrected chi connectivity index (χ1v) is 6.61. The quantitative estimate of drug-likeness (QED) is 0.863. The Kier molecular flexibility index (Phi) is 2.32. The van der Waals surface area contributed by atoms with Gasteiger partial charge in [-0.2, -0.15) is 0 Å². The third kappa shape index (κ3) is 1.67. The first-order chi connectivity index (χ1) is 7.77. The molecule has 16 heavy (non-hydrogen) atoms. The summed E-state index contributed by atoms with van der Waals surface area (Å²) in [6.07, 6.45) is 6.77. The van der Waals surface area contributed by atoms with E-state index in [1.165, 1.54) is 30.4 Å². The molecule has 1 saturated carbocycles. The Labute approximate surface area is 98.9 Å². The van der Waals surface area contributed by atoms with Gasteiger partial charge in [-0.25, -0.2) is 9.97 Å². The van der Waals surface area contributed by atoms with E-state index < -0.39 is 0 Å². The lowest BCUT2D eigenvalue weighted by atomic mass is 10.0. The van der Waals surface area contributed by atoms with Crippen molar-refractivity contribution in [2.45, 2.75) is 38.1 Å². The molecule has 0 atom stereocenters. The lowest BCUT2D eigenvalue weighted by Gasteiger charge is -2.26.